The summed E-state index contributed by atoms with van der Waals surface area (Å²) in [5.74, 6) is -0.166. The molecule has 0 unspecified atom stereocenters. The minimum Gasteiger partial charge on any atom is -0.378 e. The highest BCUT2D eigenvalue weighted by Crippen LogP contribution is 2.31. The number of ether oxygens (including phenoxy) is 1. The predicted molar refractivity (Wildman–Crippen MR) is 133 cm³/mol. The number of H-pyrrole nitrogens is 1. The van der Waals surface area contributed by atoms with Gasteiger partial charge in [0, 0.05) is 37.9 Å². The molecule has 2 N–H and O–H groups in total. The summed E-state index contributed by atoms with van der Waals surface area (Å²) in [6.45, 7) is 4.31. The van der Waals surface area contributed by atoms with Crippen molar-refractivity contribution in [3.63, 3.8) is 0 Å². The highest BCUT2D eigenvalue weighted by atomic mass is 16.5. The van der Waals surface area contributed by atoms with Crippen LogP contribution >= 0.6 is 0 Å². The van der Waals surface area contributed by atoms with E-state index in [4.69, 9.17) is 4.74 Å². The van der Waals surface area contributed by atoms with Gasteiger partial charge in [-0.05, 0) is 49.1 Å². The maximum Gasteiger partial charge on any atom is 0.274 e. The number of morpholine rings is 1. The van der Waals surface area contributed by atoms with Crippen LogP contribution in [0.3, 0.4) is 0 Å². The van der Waals surface area contributed by atoms with E-state index in [1.807, 2.05) is 29.2 Å². The molecule has 0 radical (unpaired) electrons. The molecule has 3 aromatic rings. The van der Waals surface area contributed by atoms with E-state index in [9.17, 15) is 9.59 Å². The van der Waals surface area contributed by atoms with Crippen LogP contribution < -0.4 is 10.2 Å². The molecular weight excluding hydrogens is 444 g/mol. The van der Waals surface area contributed by atoms with Gasteiger partial charge in [0.2, 0.25) is 5.91 Å². The standard InChI is InChI=1S/C26H30N6O3/c33-25(32-11-13-35-14-12-32)16-19-7-8-22(24(15-19)31-9-2-1-3-10-31)30-26(34)23-6-4-5-21(29-23)20-17-27-28-18-20/h4-8,15,17-18H,1-3,9-14,16H2,(H,27,28)(H,30,34). The summed E-state index contributed by atoms with van der Waals surface area (Å²) in [6.07, 6.45) is 7.18. The summed E-state index contributed by atoms with van der Waals surface area (Å²) in [5, 5.41) is 9.79. The zero-order valence-corrected chi connectivity index (χ0v) is 19.7. The molecule has 0 aliphatic carbocycles. The van der Waals surface area contributed by atoms with E-state index in [0.29, 0.717) is 44.1 Å². The van der Waals surface area contributed by atoms with E-state index >= 15 is 0 Å². The lowest BCUT2D eigenvalue weighted by Gasteiger charge is -2.31. The average Bonchev–Trinajstić information content (AvgIpc) is 3.46. The molecule has 2 aromatic heterocycles. The predicted octanol–water partition coefficient (Wildman–Crippen LogP) is 3.12. The fourth-order valence-corrected chi connectivity index (χ4v) is 4.59. The molecule has 0 saturated carbocycles. The Bertz CT molecular complexity index is 1170. The Kier molecular flexibility index (Phi) is 7.04. The number of carbonyl (C=O) groups excluding carboxylic acids is 2. The summed E-state index contributed by atoms with van der Waals surface area (Å²) in [4.78, 5) is 34.6. The van der Waals surface area contributed by atoms with Crippen LogP contribution in [0.1, 0.15) is 35.3 Å². The Labute approximate surface area is 204 Å². The molecule has 2 aliphatic heterocycles. The molecule has 0 atom stereocenters. The van der Waals surface area contributed by atoms with Crippen LogP contribution in [0.2, 0.25) is 0 Å². The average molecular weight is 475 g/mol. The number of carbonyl (C=O) groups is 2. The van der Waals surface area contributed by atoms with Crippen LogP contribution in [0.15, 0.2) is 48.8 Å². The molecule has 1 aromatic carbocycles. The van der Waals surface area contributed by atoms with Gasteiger partial charge in [-0.15, -0.1) is 0 Å². The van der Waals surface area contributed by atoms with Gasteiger partial charge in [0.1, 0.15) is 5.69 Å². The summed E-state index contributed by atoms with van der Waals surface area (Å²) in [7, 11) is 0. The fourth-order valence-electron chi connectivity index (χ4n) is 4.59. The maximum absolute atomic E-state index is 13.2. The molecule has 9 nitrogen and oxygen atoms in total. The van der Waals surface area contributed by atoms with Gasteiger partial charge in [-0.3, -0.25) is 14.7 Å². The van der Waals surface area contributed by atoms with Gasteiger partial charge in [0.05, 0.1) is 42.9 Å². The third kappa shape index (κ3) is 5.51. The zero-order valence-electron chi connectivity index (χ0n) is 19.7. The number of anilines is 2. The van der Waals surface area contributed by atoms with Crippen LogP contribution in [0.25, 0.3) is 11.3 Å². The first-order valence-corrected chi connectivity index (χ1v) is 12.2. The smallest absolute Gasteiger partial charge is 0.274 e. The van der Waals surface area contributed by atoms with Crippen LogP contribution in [0.5, 0.6) is 0 Å². The Morgan fingerprint density at radius 3 is 2.63 bits per heavy atom. The minimum absolute atomic E-state index is 0.106. The van der Waals surface area contributed by atoms with Crippen LogP contribution in [0, 0.1) is 0 Å². The monoisotopic (exact) mass is 474 g/mol. The number of nitrogens with zero attached hydrogens (tertiary/aromatic N) is 4. The van der Waals surface area contributed by atoms with Crippen molar-refractivity contribution < 1.29 is 14.3 Å². The second-order valence-corrected chi connectivity index (χ2v) is 8.92. The number of benzene rings is 1. The Morgan fingerprint density at radius 1 is 1.03 bits per heavy atom. The molecule has 0 spiro atoms. The Hall–Kier alpha value is -3.72. The van der Waals surface area contributed by atoms with Gasteiger partial charge < -0.3 is 19.9 Å². The quantitative estimate of drug-likeness (QED) is 0.569. The SMILES string of the molecule is O=C(Nc1ccc(CC(=O)N2CCOCC2)cc1N1CCCCC1)c1cccc(-c2cn[nH]c2)n1. The molecule has 9 heteroatoms. The van der Waals surface area contributed by atoms with Crippen molar-refractivity contribution in [1.29, 1.82) is 0 Å². The number of amides is 2. The number of aromatic amines is 1. The summed E-state index contributed by atoms with van der Waals surface area (Å²) >= 11 is 0. The van der Waals surface area contributed by atoms with Crippen LogP contribution in [-0.4, -0.2) is 71.3 Å². The second kappa shape index (κ2) is 10.7. The third-order valence-electron chi connectivity index (χ3n) is 6.50. The highest BCUT2D eigenvalue weighted by molar-refractivity contribution is 6.05. The summed E-state index contributed by atoms with van der Waals surface area (Å²) < 4.78 is 5.37. The summed E-state index contributed by atoms with van der Waals surface area (Å²) in [5.41, 5.74) is 4.47. The van der Waals surface area contributed by atoms with Crippen molar-refractivity contribution >= 4 is 23.2 Å². The van der Waals surface area contributed by atoms with Gasteiger partial charge in [-0.2, -0.15) is 5.10 Å². The molecule has 2 amide bonds. The molecule has 4 heterocycles. The minimum atomic E-state index is -0.272. The first kappa shape index (κ1) is 23.0. The molecule has 5 rings (SSSR count). The second-order valence-electron chi connectivity index (χ2n) is 8.92. The van der Waals surface area contributed by atoms with Crippen molar-refractivity contribution in [1.82, 2.24) is 20.1 Å². The van der Waals surface area contributed by atoms with Gasteiger partial charge in [-0.25, -0.2) is 4.98 Å². The van der Waals surface area contributed by atoms with E-state index < -0.39 is 0 Å². The largest absolute Gasteiger partial charge is 0.378 e. The highest BCUT2D eigenvalue weighted by Gasteiger charge is 2.21. The van der Waals surface area contributed by atoms with Gasteiger partial charge in [0.15, 0.2) is 0 Å². The maximum atomic E-state index is 13.2. The number of pyridine rings is 1. The number of rotatable bonds is 6. The van der Waals surface area contributed by atoms with Crippen LogP contribution in [0.4, 0.5) is 11.4 Å². The lowest BCUT2D eigenvalue weighted by atomic mass is 10.0. The molecule has 182 valence electrons. The molecule has 35 heavy (non-hydrogen) atoms. The third-order valence-corrected chi connectivity index (χ3v) is 6.50. The lowest BCUT2D eigenvalue weighted by molar-refractivity contribution is -0.134. The van der Waals surface area contributed by atoms with Crippen LogP contribution in [-0.2, 0) is 16.0 Å². The van der Waals surface area contributed by atoms with Crippen molar-refractivity contribution in [3.8, 4) is 11.3 Å². The van der Waals surface area contributed by atoms with E-state index in [2.05, 4.69) is 31.5 Å². The first-order chi connectivity index (χ1) is 17.2. The number of hydrogen-bond donors (Lipinski definition) is 2. The number of nitrogens with one attached hydrogen (secondary N) is 2. The number of piperidine rings is 1. The molecular formula is C26H30N6O3. The molecule has 2 aliphatic rings. The fraction of sp³-hybridized carbons (Fsp3) is 0.385. The van der Waals surface area contributed by atoms with Crippen molar-refractivity contribution in [2.75, 3.05) is 49.6 Å². The molecule has 0 bridgehead atoms. The topological polar surface area (TPSA) is 103 Å². The summed E-state index contributed by atoms with van der Waals surface area (Å²) in [6, 6.07) is 11.3. The Morgan fingerprint density at radius 2 is 1.86 bits per heavy atom. The van der Waals surface area contributed by atoms with Gasteiger partial charge >= 0.3 is 0 Å². The van der Waals surface area contributed by atoms with E-state index in [-0.39, 0.29) is 11.8 Å². The first-order valence-electron chi connectivity index (χ1n) is 12.2. The number of aromatic nitrogens is 3. The number of hydrogen-bond acceptors (Lipinski definition) is 6. The molecule has 2 saturated heterocycles. The molecule has 2 fully saturated rings. The van der Waals surface area contributed by atoms with E-state index in [1.165, 1.54) is 6.42 Å². The van der Waals surface area contributed by atoms with Gasteiger partial charge in [-0.1, -0.05) is 12.1 Å². The van der Waals surface area contributed by atoms with E-state index in [1.54, 1.807) is 18.5 Å². The normalized spacial score (nSPS) is 16.2. The zero-order chi connectivity index (χ0) is 24.0. The van der Waals surface area contributed by atoms with Crippen molar-refractivity contribution in [2.24, 2.45) is 0 Å². The van der Waals surface area contributed by atoms with Gasteiger partial charge in [0.25, 0.3) is 5.91 Å². The Balaban J connectivity index is 1.37. The van der Waals surface area contributed by atoms with E-state index in [0.717, 1.165) is 48.4 Å². The van der Waals surface area contributed by atoms with Crippen molar-refractivity contribution in [2.45, 2.75) is 25.7 Å². The lowest BCUT2D eigenvalue weighted by Crippen LogP contribution is -2.41. The van der Waals surface area contributed by atoms with Crippen molar-refractivity contribution in [3.05, 3.63) is 60.0 Å².